The molecule has 116 heavy (non-hydrogen) atoms. The first kappa shape index (κ1) is 99.2. The van der Waals surface area contributed by atoms with Crippen molar-refractivity contribution < 1.29 is 0 Å². The molecule has 0 aliphatic heterocycles. The Morgan fingerprint density at radius 1 is 0.267 bits per heavy atom. The molecule has 16 rings (SSSR count). The standard InChI is InChI=1S/2C12H15NS.2C11H14N2S.2C11H13NS.2C10H12N2S.4C2H6/c1-4-12(2,3)10-6-5-9-8-13-14-11(9)7-10;1-4-12(2,3)9-5-6-10-11(7-9)14-8-13-10;1-4-11(2,3)8-5-6-10-9(7-8)12-13-14-10;1-4-11(2,3)8-5-6-9-10(7-8)14-13-12-9;1-11(2,3)8-5-4-6-9-10(8)13-7-12-9;1-11(2,3)9-6-4-5-8-7-12-13-10(8)9;1-10(2,3)7-5-4-6-8-9(7)11-12-13-8;1-10(2,3)7-5-4-6-8-9(7)13-12-11-8;4*1-2/h2*5-8H,4H2,1-3H3;2*5-7H,4H2,1-3H3;2*4-7H,1-3H3;2*4-6H,1-3H3;4*1-2H3. The minimum atomic E-state index is 0.148. The van der Waals surface area contributed by atoms with E-state index in [4.69, 9.17) is 0 Å². The molecule has 0 atom stereocenters. The van der Waals surface area contributed by atoms with Crippen LogP contribution in [0.4, 0.5) is 0 Å². The Balaban J connectivity index is 0.000000233. The van der Waals surface area contributed by atoms with Crippen molar-refractivity contribution in [3.8, 4) is 0 Å². The molecule has 12 nitrogen and oxygen atoms in total. The van der Waals surface area contributed by atoms with Gasteiger partial charge in [-0.3, -0.25) is 0 Å². The Morgan fingerprint density at radius 3 is 1.23 bits per heavy atom. The van der Waals surface area contributed by atoms with Gasteiger partial charge in [0.25, 0.3) is 0 Å². The van der Waals surface area contributed by atoms with Crippen LogP contribution in [0.15, 0.2) is 169 Å². The second-order valence-corrected chi connectivity index (χ2v) is 40.4. The van der Waals surface area contributed by atoms with Crippen LogP contribution in [0.1, 0.15) is 292 Å². The van der Waals surface area contributed by atoms with Crippen LogP contribution < -0.4 is 0 Å². The number of fused-ring (bicyclic) bond motifs is 8. The molecule has 0 N–H and O–H groups in total. The molecule has 8 aromatic carbocycles. The highest BCUT2D eigenvalue weighted by Crippen LogP contribution is 2.38. The van der Waals surface area contributed by atoms with Crippen LogP contribution >= 0.6 is 91.9 Å². The van der Waals surface area contributed by atoms with Crippen molar-refractivity contribution >= 4 is 173 Å². The van der Waals surface area contributed by atoms with E-state index < -0.39 is 0 Å². The monoisotopic (exact) mass is 1710 g/mol. The average Bonchev–Trinajstić information content (AvgIpc) is 1.62. The van der Waals surface area contributed by atoms with Crippen LogP contribution in [0.2, 0.25) is 0 Å². The molecule has 0 unspecified atom stereocenters. The topological polar surface area (TPSA) is 155 Å². The van der Waals surface area contributed by atoms with Crippen LogP contribution in [0.25, 0.3) is 81.5 Å². The first-order valence-electron chi connectivity index (χ1n) is 41.1. The molecular formula is C96H132N12S8. The lowest BCUT2D eigenvalue weighted by Gasteiger charge is -2.23. The van der Waals surface area contributed by atoms with Crippen LogP contribution in [0, 0.1) is 0 Å². The van der Waals surface area contributed by atoms with E-state index in [2.05, 4.69) is 357 Å². The predicted octanol–water partition coefficient (Wildman–Crippen LogP) is 32.0. The lowest BCUT2D eigenvalue weighted by Crippen LogP contribution is -2.14. The Morgan fingerprint density at radius 2 is 0.664 bits per heavy atom. The minimum absolute atomic E-state index is 0.148. The van der Waals surface area contributed by atoms with E-state index in [1.54, 1.807) is 45.7 Å². The van der Waals surface area contributed by atoms with Gasteiger partial charge in [-0.2, -0.15) is 8.75 Å². The van der Waals surface area contributed by atoms with Crippen molar-refractivity contribution in [3.05, 3.63) is 214 Å². The molecule has 0 saturated carbocycles. The quantitative estimate of drug-likeness (QED) is 0.142. The van der Waals surface area contributed by atoms with E-state index in [-0.39, 0.29) is 43.3 Å². The number of nitrogens with zero attached hydrogens (tertiary/aromatic N) is 12. The fraction of sp³-hybridized carbons (Fsp3) is 0.458. The number of aromatic nitrogens is 12. The molecule has 0 radical (unpaired) electrons. The molecule has 0 bridgehead atoms. The van der Waals surface area contributed by atoms with Gasteiger partial charge in [-0.25, -0.2) is 9.97 Å². The van der Waals surface area contributed by atoms with Gasteiger partial charge in [0.15, 0.2) is 0 Å². The van der Waals surface area contributed by atoms with E-state index in [0.717, 1.165) is 58.8 Å². The highest BCUT2D eigenvalue weighted by atomic mass is 32.1. The summed E-state index contributed by atoms with van der Waals surface area (Å²) < 4.78 is 34.2. The number of thiazole rings is 2. The molecule has 8 aromatic heterocycles. The fourth-order valence-corrected chi connectivity index (χ4v) is 17.5. The molecule has 0 spiro atoms. The van der Waals surface area contributed by atoms with E-state index in [1.807, 2.05) is 90.9 Å². The summed E-state index contributed by atoms with van der Waals surface area (Å²) in [5, 5.41) is 18.9. The lowest BCUT2D eigenvalue weighted by molar-refractivity contribution is 0.507. The summed E-state index contributed by atoms with van der Waals surface area (Å²) in [5.74, 6) is 0. The summed E-state index contributed by atoms with van der Waals surface area (Å²) in [7, 11) is 0. The smallest absolute Gasteiger partial charge is 0.109 e. The summed E-state index contributed by atoms with van der Waals surface area (Å²) in [6.45, 7) is 69.7. The molecule has 0 saturated heterocycles. The van der Waals surface area contributed by atoms with Gasteiger partial charge in [0.1, 0.15) is 22.1 Å². The van der Waals surface area contributed by atoms with Crippen LogP contribution in [0.5, 0.6) is 0 Å². The summed E-state index contributed by atoms with van der Waals surface area (Å²) in [6.07, 6.45) is 8.48. The highest BCUT2D eigenvalue weighted by molar-refractivity contribution is 7.17. The number of rotatable bonds is 8. The maximum atomic E-state index is 4.31. The molecule has 20 heteroatoms. The minimum Gasteiger partial charge on any atom is -0.245 e. The van der Waals surface area contributed by atoms with E-state index >= 15 is 0 Å². The normalized spacial score (nSPS) is 11.6. The predicted molar refractivity (Wildman–Crippen MR) is 522 cm³/mol. The zero-order chi connectivity index (χ0) is 86.6. The molecule has 0 aliphatic carbocycles. The third kappa shape index (κ3) is 27.3. The summed E-state index contributed by atoms with van der Waals surface area (Å²) in [6, 6.07) is 51.4. The van der Waals surface area contributed by atoms with Crippen LogP contribution in [-0.2, 0) is 43.3 Å². The van der Waals surface area contributed by atoms with E-state index in [1.165, 1.54) is 139 Å². The van der Waals surface area contributed by atoms with Crippen molar-refractivity contribution in [1.82, 2.24) is 57.1 Å². The molecule has 16 aromatic rings. The third-order valence-corrected chi connectivity index (χ3v) is 26.5. The Kier molecular flexibility index (Phi) is 38.6. The second kappa shape index (κ2) is 45.1. The average molecular weight is 1710 g/mol. The van der Waals surface area contributed by atoms with Crippen molar-refractivity contribution in [2.75, 3.05) is 0 Å². The van der Waals surface area contributed by atoms with Crippen LogP contribution in [0.3, 0.4) is 0 Å². The highest BCUT2D eigenvalue weighted by Gasteiger charge is 2.25. The zero-order valence-electron chi connectivity index (χ0n) is 75.6. The largest absolute Gasteiger partial charge is 0.245 e. The van der Waals surface area contributed by atoms with E-state index in [0.29, 0.717) is 0 Å². The first-order valence-corrected chi connectivity index (χ1v) is 47.5. The lowest BCUT2D eigenvalue weighted by atomic mass is 9.82. The molecular weight excluding hydrogens is 1580 g/mol. The fourth-order valence-electron chi connectivity index (χ4n) is 11.5. The van der Waals surface area contributed by atoms with Gasteiger partial charge in [0.05, 0.1) is 59.7 Å². The Bertz CT molecular complexity index is 4840. The third-order valence-electron chi connectivity index (χ3n) is 20.4. The van der Waals surface area contributed by atoms with Crippen molar-refractivity contribution in [2.24, 2.45) is 0 Å². The van der Waals surface area contributed by atoms with Crippen molar-refractivity contribution in [3.63, 3.8) is 0 Å². The SMILES string of the molecule is CC.CC.CC.CC.CC(C)(C)c1cccc2cnsc12.CC(C)(C)c1cccc2ncsc12.CC(C)(C)c1cccc2nnsc12.CC(C)(C)c1cccc2snnc12.CCC(C)(C)c1ccc2cnsc2c1.CCC(C)(C)c1ccc2ncsc2c1.CCC(C)(C)c1ccc2nnsc2c1.CCC(C)(C)c1ccc2snnc2c1. The summed E-state index contributed by atoms with van der Waals surface area (Å²) >= 11 is 12.5. The first-order chi connectivity index (χ1) is 54.9. The molecule has 0 aliphatic rings. The zero-order valence-corrected chi connectivity index (χ0v) is 82.2. The van der Waals surface area contributed by atoms with Gasteiger partial charge in [0.2, 0.25) is 0 Å². The van der Waals surface area contributed by atoms with Crippen molar-refractivity contribution in [1.29, 1.82) is 0 Å². The van der Waals surface area contributed by atoms with Gasteiger partial charge in [0, 0.05) is 23.2 Å². The van der Waals surface area contributed by atoms with E-state index in [9.17, 15) is 0 Å². The summed E-state index contributed by atoms with van der Waals surface area (Å²) in [4.78, 5) is 8.60. The maximum absolute atomic E-state index is 4.31. The molecule has 8 heterocycles. The number of hydrogen-bond donors (Lipinski definition) is 0. The van der Waals surface area contributed by atoms with Gasteiger partial charge in [-0.05, 0) is 243 Å². The number of benzene rings is 8. The van der Waals surface area contributed by atoms with Gasteiger partial charge in [-0.15, -0.1) is 43.1 Å². The van der Waals surface area contributed by atoms with Crippen molar-refractivity contribution in [2.45, 2.75) is 291 Å². The van der Waals surface area contributed by atoms with Gasteiger partial charge < -0.3 is 0 Å². The second-order valence-electron chi connectivity index (χ2n) is 33.9. The molecule has 0 amide bonds. The van der Waals surface area contributed by atoms with Crippen LogP contribution in [-0.4, -0.2) is 57.1 Å². The van der Waals surface area contributed by atoms with Gasteiger partial charge in [-0.1, -0.05) is 324 Å². The maximum Gasteiger partial charge on any atom is 0.109 e. The number of hydrogen-bond acceptors (Lipinski definition) is 20. The van der Waals surface area contributed by atoms with Gasteiger partial charge >= 0.3 is 0 Å². The molecule has 0 fully saturated rings. The Hall–Kier alpha value is -7.40. The Labute approximate surface area is 728 Å². The summed E-state index contributed by atoms with van der Waals surface area (Å²) in [5.41, 5.74) is 22.9. The molecule has 624 valence electrons.